The van der Waals surface area contributed by atoms with Crippen molar-refractivity contribution in [2.24, 2.45) is 0 Å². The Morgan fingerprint density at radius 3 is 1.48 bits per heavy atom. The monoisotopic (exact) mass is 880 g/mol. The molecule has 0 aliphatic rings. The van der Waals surface area contributed by atoms with E-state index < -0.39 is 11.9 Å². The van der Waals surface area contributed by atoms with Gasteiger partial charge in [-0.1, -0.05) is 72.9 Å². The number of ether oxygens (including phenoxy) is 5. The SMILES string of the molecule is C=CCOCCCCCCOc1ccc(C#Cc2ccc(C(=O)Oc3ccc(-c4cc(C#Cc5ccc(OCCCCCCOCC=C)cc5)ccc4C(=O)O)c4ccccc34)cc2)cc1. The Labute approximate surface area is 388 Å². The predicted octanol–water partition coefficient (Wildman–Crippen LogP) is 12.5. The van der Waals surface area contributed by atoms with Crippen LogP contribution in [0.4, 0.5) is 0 Å². The molecule has 0 bridgehead atoms. The van der Waals surface area contributed by atoms with Crippen LogP contribution in [0.5, 0.6) is 17.2 Å². The van der Waals surface area contributed by atoms with E-state index in [0.29, 0.717) is 59.8 Å². The smallest absolute Gasteiger partial charge is 0.343 e. The van der Waals surface area contributed by atoms with E-state index in [4.69, 9.17) is 23.7 Å². The van der Waals surface area contributed by atoms with E-state index in [1.807, 2.05) is 72.8 Å². The van der Waals surface area contributed by atoms with Gasteiger partial charge in [-0.15, -0.1) is 13.2 Å². The molecule has 0 fully saturated rings. The first-order valence-corrected chi connectivity index (χ1v) is 22.5. The van der Waals surface area contributed by atoms with Gasteiger partial charge >= 0.3 is 11.9 Å². The van der Waals surface area contributed by atoms with Crippen molar-refractivity contribution in [1.29, 1.82) is 0 Å². The first-order valence-electron chi connectivity index (χ1n) is 22.5. The molecule has 0 spiro atoms. The van der Waals surface area contributed by atoms with Crippen LogP contribution in [0.2, 0.25) is 0 Å². The number of fused-ring (bicyclic) bond motifs is 1. The molecule has 0 saturated carbocycles. The van der Waals surface area contributed by atoms with Crippen molar-refractivity contribution in [2.75, 3.05) is 39.6 Å². The number of aromatic carboxylic acids is 1. The normalized spacial score (nSPS) is 10.5. The minimum atomic E-state index is -1.06. The van der Waals surface area contributed by atoms with E-state index in [0.717, 1.165) is 98.2 Å². The minimum Gasteiger partial charge on any atom is -0.494 e. The summed E-state index contributed by atoms with van der Waals surface area (Å²) in [6.07, 6.45) is 11.9. The van der Waals surface area contributed by atoms with Crippen LogP contribution in [-0.4, -0.2) is 56.7 Å². The van der Waals surface area contributed by atoms with Crippen molar-refractivity contribution >= 4 is 22.7 Å². The van der Waals surface area contributed by atoms with E-state index in [1.165, 1.54) is 0 Å². The van der Waals surface area contributed by atoms with Gasteiger partial charge in [-0.3, -0.25) is 0 Å². The molecule has 0 saturated heterocycles. The Morgan fingerprint density at radius 2 is 0.970 bits per heavy atom. The van der Waals surface area contributed by atoms with E-state index in [-0.39, 0.29) is 5.56 Å². The molecule has 1 N–H and O–H groups in total. The van der Waals surface area contributed by atoms with Crippen molar-refractivity contribution in [2.45, 2.75) is 51.4 Å². The lowest BCUT2D eigenvalue weighted by atomic mass is 9.92. The Hall–Kier alpha value is -7.36. The lowest BCUT2D eigenvalue weighted by molar-refractivity contribution is 0.0695. The van der Waals surface area contributed by atoms with Gasteiger partial charge in [0.2, 0.25) is 0 Å². The maximum Gasteiger partial charge on any atom is 0.343 e. The van der Waals surface area contributed by atoms with Gasteiger partial charge in [0.15, 0.2) is 0 Å². The molecule has 0 unspecified atom stereocenters. The van der Waals surface area contributed by atoms with Crippen LogP contribution in [0.25, 0.3) is 21.9 Å². The van der Waals surface area contributed by atoms with Crippen LogP contribution in [0.1, 0.15) is 94.3 Å². The number of carbonyl (C=O) groups is 2. The van der Waals surface area contributed by atoms with Crippen molar-refractivity contribution in [3.8, 4) is 52.1 Å². The van der Waals surface area contributed by atoms with Gasteiger partial charge in [0.05, 0.1) is 37.6 Å². The predicted molar refractivity (Wildman–Crippen MR) is 263 cm³/mol. The van der Waals surface area contributed by atoms with Crippen LogP contribution in [0, 0.1) is 23.7 Å². The molecule has 8 nitrogen and oxygen atoms in total. The van der Waals surface area contributed by atoms with Crippen LogP contribution < -0.4 is 14.2 Å². The second-order valence-corrected chi connectivity index (χ2v) is 15.5. The number of hydrogen-bond acceptors (Lipinski definition) is 7. The Morgan fingerprint density at radius 1 is 0.500 bits per heavy atom. The molecular weight excluding hydrogens is 825 g/mol. The van der Waals surface area contributed by atoms with Crippen LogP contribution >= 0.6 is 0 Å². The third-order valence-electron chi connectivity index (χ3n) is 10.5. The summed E-state index contributed by atoms with van der Waals surface area (Å²) >= 11 is 0. The van der Waals surface area contributed by atoms with E-state index in [9.17, 15) is 14.7 Å². The summed E-state index contributed by atoms with van der Waals surface area (Å²) in [5.74, 6) is 13.1. The first kappa shape index (κ1) is 48.1. The second kappa shape index (κ2) is 26.4. The zero-order valence-electron chi connectivity index (χ0n) is 37.4. The maximum atomic E-state index is 13.4. The standard InChI is InChI=1S/C58H56O8/c1-3-37-62-39-11-5-7-13-41-64-49-30-23-45(24-31-49)18-17-44-21-28-48(29-22-44)58(61)66-56-36-35-52(51-15-9-10-16-53(51)56)55-43-47(27-34-54(55)57(59)60)20-19-46-25-32-50(33-26-46)65-42-14-8-6-12-40-63-38-4-2/h3-4,9-10,15-16,21-36,43H,1-2,5-8,11-14,37-42H2,(H,59,60). The molecule has 0 radical (unpaired) electrons. The Bertz CT molecular complexity index is 2660. The van der Waals surface area contributed by atoms with Gasteiger partial charge in [0.25, 0.3) is 0 Å². The molecule has 0 aliphatic heterocycles. The van der Waals surface area contributed by atoms with Crippen LogP contribution in [-0.2, 0) is 9.47 Å². The number of rotatable bonds is 24. The van der Waals surface area contributed by atoms with Gasteiger partial charge in [-0.05, 0) is 158 Å². The van der Waals surface area contributed by atoms with Gasteiger partial charge in [0, 0.05) is 40.9 Å². The molecular formula is C58H56O8. The molecule has 66 heavy (non-hydrogen) atoms. The molecule has 0 heterocycles. The lowest BCUT2D eigenvalue weighted by Crippen LogP contribution is -2.09. The molecule has 0 aliphatic carbocycles. The fourth-order valence-electron chi connectivity index (χ4n) is 7.07. The molecule has 0 atom stereocenters. The largest absolute Gasteiger partial charge is 0.494 e. The molecule has 6 aromatic carbocycles. The topological polar surface area (TPSA) is 101 Å². The van der Waals surface area contributed by atoms with Gasteiger partial charge in [0.1, 0.15) is 17.2 Å². The highest BCUT2D eigenvalue weighted by atomic mass is 16.5. The van der Waals surface area contributed by atoms with Crippen molar-refractivity contribution in [1.82, 2.24) is 0 Å². The lowest BCUT2D eigenvalue weighted by Gasteiger charge is -2.14. The fraction of sp³-hybridized carbons (Fsp3) is 0.241. The van der Waals surface area contributed by atoms with Crippen LogP contribution in [0.3, 0.4) is 0 Å². The fourth-order valence-corrected chi connectivity index (χ4v) is 7.07. The van der Waals surface area contributed by atoms with Crippen molar-refractivity contribution < 1.29 is 38.4 Å². The summed E-state index contributed by atoms with van der Waals surface area (Å²) < 4.78 is 28.6. The Balaban J connectivity index is 1.05. The summed E-state index contributed by atoms with van der Waals surface area (Å²) in [6.45, 7) is 11.3. The highest BCUT2D eigenvalue weighted by molar-refractivity contribution is 6.06. The number of hydrogen-bond donors (Lipinski definition) is 1. The Kier molecular flexibility index (Phi) is 19.3. The third kappa shape index (κ3) is 15.1. The van der Waals surface area contributed by atoms with Crippen molar-refractivity contribution in [3.05, 3.63) is 186 Å². The van der Waals surface area contributed by atoms with E-state index in [2.05, 4.69) is 36.8 Å². The number of carboxylic acids is 1. The molecule has 8 heteroatoms. The van der Waals surface area contributed by atoms with Crippen molar-refractivity contribution in [3.63, 3.8) is 0 Å². The summed E-state index contributed by atoms with van der Waals surface area (Å²) in [4.78, 5) is 25.9. The van der Waals surface area contributed by atoms with Gasteiger partial charge < -0.3 is 28.8 Å². The number of carbonyl (C=O) groups excluding carboxylic acids is 1. The summed E-state index contributed by atoms with van der Waals surface area (Å²) in [5.41, 5.74) is 4.73. The molecule has 336 valence electrons. The highest BCUT2D eigenvalue weighted by Gasteiger charge is 2.18. The molecule has 6 rings (SSSR count). The van der Waals surface area contributed by atoms with Crippen LogP contribution in [0.15, 0.2) is 153 Å². The summed E-state index contributed by atoms with van der Waals surface area (Å²) in [7, 11) is 0. The highest BCUT2D eigenvalue weighted by Crippen LogP contribution is 2.37. The molecule has 0 aromatic heterocycles. The average Bonchev–Trinajstić information content (AvgIpc) is 3.35. The number of unbranched alkanes of at least 4 members (excludes halogenated alkanes) is 6. The minimum absolute atomic E-state index is 0.131. The third-order valence-corrected chi connectivity index (χ3v) is 10.5. The quantitative estimate of drug-likeness (QED) is 0.0211. The average molecular weight is 881 g/mol. The second-order valence-electron chi connectivity index (χ2n) is 15.5. The summed E-state index contributed by atoms with van der Waals surface area (Å²) in [5, 5.41) is 11.6. The zero-order valence-corrected chi connectivity index (χ0v) is 37.4. The van der Waals surface area contributed by atoms with Gasteiger partial charge in [-0.25, -0.2) is 9.59 Å². The maximum absolute atomic E-state index is 13.4. The number of benzene rings is 6. The molecule has 6 aromatic rings. The number of esters is 1. The number of carboxylic acid groups (broad SMARTS) is 1. The van der Waals surface area contributed by atoms with E-state index in [1.54, 1.807) is 66.7 Å². The summed E-state index contributed by atoms with van der Waals surface area (Å²) in [6, 6.07) is 38.3. The first-order chi connectivity index (χ1) is 32.4. The zero-order chi connectivity index (χ0) is 46.2. The van der Waals surface area contributed by atoms with Gasteiger partial charge in [-0.2, -0.15) is 0 Å². The molecule has 0 amide bonds. The van der Waals surface area contributed by atoms with E-state index >= 15 is 0 Å².